The molecule has 2 heterocycles. The lowest BCUT2D eigenvalue weighted by atomic mass is 9.88. The van der Waals surface area contributed by atoms with Gasteiger partial charge in [0.2, 0.25) is 5.91 Å². The fourth-order valence-electron chi connectivity index (χ4n) is 5.32. The molecule has 4 N–H and O–H groups in total. The first-order valence-electron chi connectivity index (χ1n) is 14.4. The zero-order valence-corrected chi connectivity index (χ0v) is 24.1. The number of carbonyl (C=O) groups is 2. The third-order valence-corrected chi connectivity index (χ3v) is 8.30. The first kappa shape index (κ1) is 28.7. The van der Waals surface area contributed by atoms with E-state index >= 15 is 0 Å². The van der Waals surface area contributed by atoms with Gasteiger partial charge >= 0.3 is 6.03 Å². The quantitative estimate of drug-likeness (QED) is 0.240. The number of aromatic nitrogens is 1. The topological polar surface area (TPSA) is 90.9 Å². The van der Waals surface area contributed by atoms with Crippen LogP contribution in [0.5, 0.6) is 0 Å². The van der Waals surface area contributed by atoms with Crippen LogP contribution in [-0.2, 0) is 4.79 Å². The first-order chi connectivity index (χ1) is 20.2. The average molecular weight is 569 g/mol. The average Bonchev–Trinajstić information content (AvgIpc) is 3.49. The van der Waals surface area contributed by atoms with Gasteiger partial charge in [-0.1, -0.05) is 102 Å². The van der Waals surface area contributed by atoms with E-state index in [1.165, 1.54) is 22.5 Å². The van der Waals surface area contributed by atoms with Crippen LogP contribution >= 0.6 is 11.3 Å². The summed E-state index contributed by atoms with van der Waals surface area (Å²) in [4.78, 5) is 33.0. The molecular weight excluding hydrogens is 530 g/mol. The van der Waals surface area contributed by atoms with Crippen molar-refractivity contribution in [1.82, 2.24) is 20.5 Å². The Kier molecular flexibility index (Phi) is 10.3. The molecule has 0 spiro atoms. The van der Waals surface area contributed by atoms with Gasteiger partial charge in [-0.05, 0) is 36.9 Å². The van der Waals surface area contributed by atoms with E-state index in [1.807, 2.05) is 47.8 Å². The second-order valence-corrected chi connectivity index (χ2v) is 11.3. The second kappa shape index (κ2) is 14.7. The van der Waals surface area contributed by atoms with Gasteiger partial charge in [0.25, 0.3) is 5.13 Å². The maximum absolute atomic E-state index is 13.6. The van der Waals surface area contributed by atoms with Crippen molar-refractivity contribution in [3.05, 3.63) is 108 Å². The first-order valence-corrected chi connectivity index (χ1v) is 15.3. The van der Waals surface area contributed by atoms with E-state index in [-0.39, 0.29) is 30.3 Å². The fraction of sp³-hybridized carbons (Fsp3) is 0.303. The Balaban J connectivity index is 1.29. The minimum absolute atomic E-state index is 0.0141. The van der Waals surface area contributed by atoms with Crippen molar-refractivity contribution in [1.29, 1.82) is 0 Å². The standard InChI is InChI=1S/C33H37N5O2S/c39-31(35-28-17-10-20-34-23-28)19-22-38(33(40)37-32-36-30(24-41-32)27-15-8-3-9-16-27)21-18-29(25-11-4-1-5-12-25)26-13-6-2-7-14-26/h1-9,11-16,24,28-29,34H,10,17-23H2,(H,35,39)(H,36,37,40)/p+1/t28-/m0/s1. The number of carbonyl (C=O) groups excluding carboxylic acids is 2. The summed E-state index contributed by atoms with van der Waals surface area (Å²) in [5.74, 6) is 0.124. The fourth-order valence-corrected chi connectivity index (χ4v) is 6.06. The lowest BCUT2D eigenvalue weighted by Crippen LogP contribution is -2.85. The van der Waals surface area contributed by atoms with Crippen LogP contribution < -0.4 is 16.0 Å². The molecule has 3 aromatic carbocycles. The number of quaternary nitrogens is 1. The van der Waals surface area contributed by atoms with E-state index in [9.17, 15) is 9.59 Å². The van der Waals surface area contributed by atoms with Crippen LogP contribution in [0.1, 0.15) is 42.7 Å². The molecule has 1 atom stereocenters. The zero-order chi connectivity index (χ0) is 28.3. The Hall–Kier alpha value is -3.85. The lowest BCUT2D eigenvalue weighted by molar-refractivity contribution is -0.472. The molecule has 41 heavy (non-hydrogen) atoms. The number of hydrogen-bond donors (Lipinski definition) is 3. The smallest absolute Gasteiger partial charge is 0.352 e. The van der Waals surface area contributed by atoms with Crippen LogP contribution in [0.25, 0.3) is 11.3 Å². The van der Waals surface area contributed by atoms with E-state index in [4.69, 9.17) is 4.98 Å². The van der Waals surface area contributed by atoms with Crippen molar-refractivity contribution in [2.24, 2.45) is 0 Å². The summed E-state index contributed by atoms with van der Waals surface area (Å²) in [6, 6.07) is 30.8. The van der Waals surface area contributed by atoms with Crippen LogP contribution in [0.4, 0.5) is 9.93 Å². The molecule has 1 fully saturated rings. The van der Waals surface area contributed by atoms with E-state index in [0.29, 0.717) is 18.2 Å². The number of piperidine rings is 1. The van der Waals surface area contributed by atoms with Crippen molar-refractivity contribution in [2.45, 2.75) is 37.6 Å². The van der Waals surface area contributed by atoms with Gasteiger partial charge in [-0.15, -0.1) is 0 Å². The molecule has 3 amide bonds. The van der Waals surface area contributed by atoms with Crippen LogP contribution in [0.2, 0.25) is 0 Å². The molecule has 0 bridgehead atoms. The largest absolute Gasteiger partial charge is 0.422 e. The Morgan fingerprint density at radius 1 is 0.951 bits per heavy atom. The van der Waals surface area contributed by atoms with Crippen molar-refractivity contribution in [3.8, 4) is 11.3 Å². The van der Waals surface area contributed by atoms with Gasteiger partial charge in [-0.2, -0.15) is 4.98 Å². The van der Waals surface area contributed by atoms with E-state index in [1.54, 1.807) is 10.2 Å². The lowest BCUT2D eigenvalue weighted by Gasteiger charge is -2.26. The minimum atomic E-state index is -0.119. The van der Waals surface area contributed by atoms with Crippen molar-refractivity contribution >= 4 is 28.4 Å². The van der Waals surface area contributed by atoms with Gasteiger partial charge in [-0.3, -0.25) is 9.69 Å². The van der Waals surface area contributed by atoms with Gasteiger partial charge in [0.1, 0.15) is 0 Å². The Morgan fingerprint density at radius 2 is 1.61 bits per heavy atom. The van der Waals surface area contributed by atoms with Gasteiger partial charge in [0.05, 0.1) is 5.69 Å². The molecule has 1 saturated heterocycles. The second-order valence-electron chi connectivity index (χ2n) is 10.4. The van der Waals surface area contributed by atoms with E-state index in [2.05, 4.69) is 59.2 Å². The molecule has 8 heteroatoms. The number of primary amides is 1. The highest BCUT2D eigenvalue weighted by Gasteiger charge is 2.24. The van der Waals surface area contributed by atoms with Crippen LogP contribution in [0.3, 0.4) is 0 Å². The van der Waals surface area contributed by atoms with Crippen molar-refractivity contribution in [2.75, 3.05) is 26.2 Å². The Bertz CT molecular complexity index is 1340. The predicted molar refractivity (Wildman–Crippen MR) is 164 cm³/mol. The van der Waals surface area contributed by atoms with Gasteiger partial charge in [-0.25, -0.2) is 10.1 Å². The maximum Gasteiger partial charge on any atom is 0.422 e. The SMILES string of the molecule is O=C(CCN(CCC(c1ccccc1)c1ccccc1)C(=O)[NH2+]c1nc(-c2ccccc2)cs1)N[C@H]1CCCNC1. The molecule has 0 unspecified atom stereocenters. The number of thiazole rings is 1. The Labute approximate surface area is 246 Å². The van der Waals surface area contributed by atoms with E-state index < -0.39 is 0 Å². The highest BCUT2D eigenvalue weighted by Crippen LogP contribution is 2.28. The number of urea groups is 1. The number of benzene rings is 3. The summed E-state index contributed by atoms with van der Waals surface area (Å²) in [5.41, 5.74) is 4.31. The third kappa shape index (κ3) is 8.33. The number of nitrogens with zero attached hydrogens (tertiary/aromatic N) is 2. The summed E-state index contributed by atoms with van der Waals surface area (Å²) in [7, 11) is 0. The molecule has 7 nitrogen and oxygen atoms in total. The summed E-state index contributed by atoms with van der Waals surface area (Å²) in [5, 5.41) is 10.7. The molecule has 1 aliphatic heterocycles. The van der Waals surface area contributed by atoms with Crippen molar-refractivity contribution in [3.63, 3.8) is 0 Å². The van der Waals surface area contributed by atoms with E-state index in [0.717, 1.165) is 43.6 Å². The molecule has 0 aliphatic carbocycles. The summed E-state index contributed by atoms with van der Waals surface area (Å²) < 4.78 is 0. The van der Waals surface area contributed by atoms with Crippen LogP contribution in [0.15, 0.2) is 96.4 Å². The molecule has 0 saturated carbocycles. The highest BCUT2D eigenvalue weighted by molar-refractivity contribution is 7.13. The highest BCUT2D eigenvalue weighted by atomic mass is 32.1. The molecule has 1 aliphatic rings. The molecule has 1 aromatic heterocycles. The number of rotatable bonds is 11. The van der Waals surface area contributed by atoms with Gasteiger partial charge < -0.3 is 10.6 Å². The molecule has 0 radical (unpaired) electrons. The Morgan fingerprint density at radius 3 is 2.24 bits per heavy atom. The molecule has 5 rings (SSSR count). The summed E-state index contributed by atoms with van der Waals surface area (Å²) >= 11 is 1.46. The van der Waals surface area contributed by atoms with Crippen molar-refractivity contribution < 1.29 is 14.9 Å². The monoisotopic (exact) mass is 568 g/mol. The maximum atomic E-state index is 13.6. The summed E-state index contributed by atoms with van der Waals surface area (Å²) in [6.07, 6.45) is 3.06. The van der Waals surface area contributed by atoms with Crippen LogP contribution in [0, 0.1) is 0 Å². The third-order valence-electron chi connectivity index (χ3n) is 7.51. The zero-order valence-electron chi connectivity index (χ0n) is 23.2. The molecular formula is C33H38N5O2S+. The predicted octanol–water partition coefficient (Wildman–Crippen LogP) is 4.91. The number of nitrogens with one attached hydrogen (secondary N) is 2. The number of nitrogens with two attached hydrogens (primary N) is 1. The van der Waals surface area contributed by atoms with Crippen LogP contribution in [-0.4, -0.2) is 54.0 Å². The number of hydrogen-bond acceptors (Lipinski definition) is 5. The molecule has 212 valence electrons. The minimum Gasteiger partial charge on any atom is -0.352 e. The normalized spacial score (nSPS) is 15.0. The number of amides is 3. The molecule has 4 aromatic rings. The van der Waals surface area contributed by atoms with Gasteiger partial charge in [0, 0.05) is 49.0 Å². The summed E-state index contributed by atoms with van der Waals surface area (Å²) in [6.45, 7) is 2.68. The van der Waals surface area contributed by atoms with Gasteiger partial charge in [0.15, 0.2) is 0 Å².